The highest BCUT2D eigenvalue weighted by Gasteiger charge is 2.32. The monoisotopic (exact) mass is 456 g/mol. The van der Waals surface area contributed by atoms with E-state index in [4.69, 9.17) is 18.9 Å². The maximum Gasteiger partial charge on any atom is 0.266 e. The van der Waals surface area contributed by atoms with Crippen LogP contribution in [0.3, 0.4) is 0 Å². The zero-order chi connectivity index (χ0) is 21.9. The minimum atomic E-state index is -4.26. The lowest BCUT2D eigenvalue weighted by Crippen LogP contribution is -2.58. The zero-order valence-electron chi connectivity index (χ0n) is 15.0. The molecule has 0 heterocycles. The molecule has 0 bridgehead atoms. The summed E-state index contributed by atoms with van der Waals surface area (Å²) in [6.07, 6.45) is 0. The van der Waals surface area contributed by atoms with Crippen molar-refractivity contribution in [3.05, 3.63) is 0 Å². The van der Waals surface area contributed by atoms with Crippen LogP contribution in [0.4, 0.5) is 0 Å². The largest absolute Gasteiger partial charge is 0.394 e. The maximum absolute atomic E-state index is 10.7. The van der Waals surface area contributed by atoms with Crippen LogP contribution in [-0.4, -0.2) is 122 Å². The van der Waals surface area contributed by atoms with E-state index < -0.39 is 82.5 Å². The van der Waals surface area contributed by atoms with E-state index in [0.717, 1.165) is 0 Å². The fourth-order valence-electron chi connectivity index (χ4n) is 1.81. The maximum atomic E-state index is 10.7. The van der Waals surface area contributed by atoms with Crippen LogP contribution in [0.25, 0.3) is 0 Å². The van der Waals surface area contributed by atoms with Crippen LogP contribution in [0, 0.1) is 0 Å². The van der Waals surface area contributed by atoms with Gasteiger partial charge in [0.1, 0.15) is 13.2 Å². The molecule has 0 spiro atoms. The lowest BCUT2D eigenvalue weighted by Gasteiger charge is -2.32. The second-order valence-corrected chi connectivity index (χ2v) is 9.29. The Labute approximate surface area is 162 Å². The molecule has 0 aliphatic rings. The highest BCUT2D eigenvalue weighted by Crippen LogP contribution is 2.08. The fraction of sp³-hybridized carbons (Fsp3) is 1.00. The SMILES string of the molecule is O=S(=O)(O)CCNC(CO)(CO)COOCC(CO)(CO)NCCS(=O)(=O)O. The topological polar surface area (TPSA) is 232 Å². The quantitative estimate of drug-likeness (QED) is 0.0445. The molecule has 0 atom stereocenters. The number of aliphatic hydroxyl groups excluding tert-OH is 4. The van der Waals surface area contributed by atoms with Gasteiger partial charge in [-0.25, -0.2) is 9.78 Å². The Hall–Kier alpha value is -0.500. The van der Waals surface area contributed by atoms with Crippen LogP contribution in [0.15, 0.2) is 0 Å². The van der Waals surface area contributed by atoms with Crippen molar-refractivity contribution in [2.75, 3.05) is 64.2 Å². The second-order valence-electron chi connectivity index (χ2n) is 6.14. The smallest absolute Gasteiger partial charge is 0.266 e. The van der Waals surface area contributed by atoms with Crippen LogP contribution in [0.2, 0.25) is 0 Å². The summed E-state index contributed by atoms with van der Waals surface area (Å²) in [5.74, 6) is -1.35. The van der Waals surface area contributed by atoms with Gasteiger partial charge in [0, 0.05) is 13.1 Å². The molecule has 14 nitrogen and oxygen atoms in total. The van der Waals surface area contributed by atoms with Gasteiger partial charge in [0.15, 0.2) is 0 Å². The summed E-state index contributed by atoms with van der Waals surface area (Å²) in [5, 5.41) is 42.7. The molecule has 28 heavy (non-hydrogen) atoms. The van der Waals surface area contributed by atoms with Crippen LogP contribution in [0.1, 0.15) is 0 Å². The fourth-order valence-corrected chi connectivity index (χ4v) is 2.53. The standard InChI is InChI=1S/C12H28N2O12S2/c15-5-11(6-16,13-1-3-27(19,20)21)9-25-26-10-12(7-17,8-18)14-2-4-28(22,23)24/h13-18H,1-10H2,(H,19,20,21)(H,22,23,24). The van der Waals surface area contributed by atoms with Crippen molar-refractivity contribution in [3.8, 4) is 0 Å². The Balaban J connectivity index is 4.63. The summed E-state index contributed by atoms with van der Waals surface area (Å²) < 4.78 is 60.2. The van der Waals surface area contributed by atoms with Crippen molar-refractivity contribution in [1.82, 2.24) is 10.6 Å². The molecule has 0 rings (SSSR count). The Kier molecular flexibility index (Phi) is 12.0. The first-order valence-corrected chi connectivity index (χ1v) is 11.2. The molecule has 0 aliphatic carbocycles. The third-order valence-corrected chi connectivity index (χ3v) is 5.12. The van der Waals surface area contributed by atoms with Crippen molar-refractivity contribution >= 4 is 20.2 Å². The molecule has 8 N–H and O–H groups in total. The van der Waals surface area contributed by atoms with Gasteiger partial charge in [0.2, 0.25) is 0 Å². The van der Waals surface area contributed by atoms with Gasteiger partial charge in [-0.15, -0.1) is 0 Å². The van der Waals surface area contributed by atoms with Crippen molar-refractivity contribution in [3.63, 3.8) is 0 Å². The van der Waals surface area contributed by atoms with Gasteiger partial charge < -0.3 is 31.1 Å². The number of aliphatic hydroxyl groups is 4. The van der Waals surface area contributed by atoms with Gasteiger partial charge in [0.25, 0.3) is 20.2 Å². The highest BCUT2D eigenvalue weighted by molar-refractivity contribution is 7.86. The summed E-state index contributed by atoms with van der Waals surface area (Å²) in [5.41, 5.74) is -3.02. The van der Waals surface area contributed by atoms with Gasteiger partial charge in [-0.3, -0.25) is 9.11 Å². The Morgan fingerprint density at radius 3 is 1.14 bits per heavy atom. The minimum Gasteiger partial charge on any atom is -0.394 e. The second kappa shape index (κ2) is 12.3. The van der Waals surface area contributed by atoms with Crippen molar-refractivity contribution in [1.29, 1.82) is 0 Å². The van der Waals surface area contributed by atoms with E-state index in [1.807, 2.05) is 0 Å². The molecule has 0 radical (unpaired) electrons. The molecule has 0 aromatic carbocycles. The summed E-state index contributed by atoms with van der Waals surface area (Å²) >= 11 is 0. The van der Waals surface area contributed by atoms with Crippen molar-refractivity contribution in [2.24, 2.45) is 0 Å². The van der Waals surface area contributed by atoms with Crippen LogP contribution in [-0.2, 0) is 30.0 Å². The molecule has 0 saturated heterocycles. The molecule has 0 fully saturated rings. The van der Waals surface area contributed by atoms with E-state index in [-0.39, 0.29) is 13.1 Å². The molecule has 0 saturated carbocycles. The van der Waals surface area contributed by atoms with E-state index in [1.54, 1.807) is 0 Å². The summed E-state index contributed by atoms with van der Waals surface area (Å²) in [6.45, 7) is -4.32. The number of rotatable bonds is 17. The molecule has 0 aromatic rings. The first-order valence-electron chi connectivity index (χ1n) is 7.95. The average molecular weight is 456 g/mol. The van der Waals surface area contributed by atoms with Crippen LogP contribution in [0.5, 0.6) is 0 Å². The predicted molar refractivity (Wildman–Crippen MR) is 94.5 cm³/mol. The van der Waals surface area contributed by atoms with Gasteiger partial charge in [-0.1, -0.05) is 0 Å². The minimum absolute atomic E-state index is 0.308. The number of hydrogen-bond acceptors (Lipinski definition) is 12. The molecule has 0 unspecified atom stereocenters. The van der Waals surface area contributed by atoms with Crippen molar-refractivity contribution in [2.45, 2.75) is 11.1 Å². The van der Waals surface area contributed by atoms with E-state index in [2.05, 4.69) is 10.6 Å². The summed E-state index contributed by atoms with van der Waals surface area (Å²) in [7, 11) is -8.51. The Bertz CT molecular complexity index is 575. The predicted octanol–water partition coefficient (Wildman–Crippen LogP) is -4.66. The number of hydrogen-bond donors (Lipinski definition) is 8. The lowest BCUT2D eigenvalue weighted by atomic mass is 10.0. The highest BCUT2D eigenvalue weighted by atomic mass is 32.2. The number of nitrogens with one attached hydrogen (secondary N) is 2. The molecular weight excluding hydrogens is 428 g/mol. The van der Waals surface area contributed by atoms with Gasteiger partial charge in [-0.2, -0.15) is 16.8 Å². The van der Waals surface area contributed by atoms with Gasteiger partial charge in [0.05, 0.1) is 49.0 Å². The van der Waals surface area contributed by atoms with Gasteiger partial charge >= 0.3 is 0 Å². The zero-order valence-corrected chi connectivity index (χ0v) is 16.7. The first kappa shape index (κ1) is 27.5. The van der Waals surface area contributed by atoms with Crippen molar-refractivity contribution < 1.29 is 56.1 Å². The van der Waals surface area contributed by atoms with E-state index in [1.165, 1.54) is 0 Å². The lowest BCUT2D eigenvalue weighted by molar-refractivity contribution is -0.319. The Morgan fingerprint density at radius 2 is 0.929 bits per heavy atom. The summed E-state index contributed by atoms with van der Waals surface area (Å²) in [6, 6.07) is 0. The molecule has 0 amide bonds. The van der Waals surface area contributed by atoms with E-state index in [0.29, 0.717) is 0 Å². The molecule has 16 heteroatoms. The van der Waals surface area contributed by atoms with E-state index >= 15 is 0 Å². The Morgan fingerprint density at radius 1 is 0.643 bits per heavy atom. The summed E-state index contributed by atoms with van der Waals surface area (Å²) in [4.78, 5) is 9.69. The average Bonchev–Trinajstić information content (AvgIpc) is 2.60. The molecule has 0 aromatic heterocycles. The first-order chi connectivity index (χ1) is 12.9. The third kappa shape index (κ3) is 11.5. The van der Waals surface area contributed by atoms with E-state index in [9.17, 15) is 37.3 Å². The molecule has 170 valence electrons. The third-order valence-electron chi connectivity index (χ3n) is 3.68. The van der Waals surface area contributed by atoms with Gasteiger partial charge in [-0.05, 0) is 0 Å². The normalized spacial score (nSPS) is 13.8. The molecule has 0 aliphatic heterocycles. The molecular formula is C12H28N2O12S2. The van der Waals surface area contributed by atoms with Crippen LogP contribution < -0.4 is 10.6 Å². The van der Waals surface area contributed by atoms with Crippen LogP contribution >= 0.6 is 0 Å².